The zero-order chi connectivity index (χ0) is 13.3. The number of ketones is 2. The summed E-state index contributed by atoms with van der Waals surface area (Å²) >= 11 is 0. The normalized spacial score (nSPS) is 27.2. The SMILES string of the molecule is COC(=O)C[C@H]1CC2=C(C(=O)C=CC2=O)[C@H](C)O1. The molecule has 1 aliphatic carbocycles. The van der Waals surface area contributed by atoms with Gasteiger partial charge in [0.05, 0.1) is 25.7 Å². The number of esters is 1. The van der Waals surface area contributed by atoms with Crippen LogP contribution >= 0.6 is 0 Å². The van der Waals surface area contributed by atoms with E-state index in [4.69, 9.17) is 4.74 Å². The fourth-order valence-corrected chi connectivity index (χ4v) is 2.30. The third kappa shape index (κ3) is 2.26. The molecule has 0 spiro atoms. The highest BCUT2D eigenvalue weighted by Crippen LogP contribution is 2.31. The Morgan fingerprint density at radius 2 is 2.06 bits per heavy atom. The third-order valence-corrected chi connectivity index (χ3v) is 3.13. The fourth-order valence-electron chi connectivity index (χ4n) is 2.30. The van der Waals surface area contributed by atoms with E-state index in [0.29, 0.717) is 11.1 Å². The second kappa shape index (κ2) is 4.86. The molecular formula is C13H14O5. The molecule has 0 bridgehead atoms. The summed E-state index contributed by atoms with van der Waals surface area (Å²) in [6.45, 7) is 1.71. The van der Waals surface area contributed by atoms with Gasteiger partial charge >= 0.3 is 5.97 Å². The molecule has 0 unspecified atom stereocenters. The van der Waals surface area contributed by atoms with Crippen LogP contribution < -0.4 is 0 Å². The van der Waals surface area contributed by atoms with Crippen LogP contribution in [0, 0.1) is 0 Å². The van der Waals surface area contributed by atoms with E-state index in [2.05, 4.69) is 4.74 Å². The predicted octanol–water partition coefficient (Wildman–Crippen LogP) is 0.731. The fraction of sp³-hybridized carbons (Fsp3) is 0.462. The maximum Gasteiger partial charge on any atom is 0.308 e. The first kappa shape index (κ1) is 12.7. The zero-order valence-electron chi connectivity index (χ0n) is 10.3. The van der Waals surface area contributed by atoms with Gasteiger partial charge in [0.15, 0.2) is 11.6 Å². The largest absolute Gasteiger partial charge is 0.469 e. The Morgan fingerprint density at radius 3 is 2.72 bits per heavy atom. The maximum absolute atomic E-state index is 11.8. The molecule has 0 aromatic rings. The summed E-state index contributed by atoms with van der Waals surface area (Å²) in [7, 11) is 1.30. The first-order valence-electron chi connectivity index (χ1n) is 5.75. The monoisotopic (exact) mass is 250 g/mol. The maximum atomic E-state index is 11.8. The number of rotatable bonds is 2. The van der Waals surface area contributed by atoms with Gasteiger partial charge < -0.3 is 9.47 Å². The molecule has 2 atom stereocenters. The highest BCUT2D eigenvalue weighted by molar-refractivity contribution is 6.20. The van der Waals surface area contributed by atoms with Crippen molar-refractivity contribution in [2.24, 2.45) is 0 Å². The van der Waals surface area contributed by atoms with Crippen molar-refractivity contribution in [3.63, 3.8) is 0 Å². The van der Waals surface area contributed by atoms with E-state index in [9.17, 15) is 14.4 Å². The van der Waals surface area contributed by atoms with Gasteiger partial charge in [0, 0.05) is 17.6 Å². The summed E-state index contributed by atoms with van der Waals surface area (Å²) in [6, 6.07) is 0. The summed E-state index contributed by atoms with van der Waals surface area (Å²) in [4.78, 5) is 34.7. The van der Waals surface area contributed by atoms with Crippen LogP contribution in [0.5, 0.6) is 0 Å². The molecule has 0 N–H and O–H groups in total. The Morgan fingerprint density at radius 1 is 1.39 bits per heavy atom. The summed E-state index contributed by atoms with van der Waals surface area (Å²) in [6.07, 6.45) is 2.03. The van der Waals surface area contributed by atoms with E-state index in [1.807, 2.05) is 0 Å². The van der Waals surface area contributed by atoms with Crippen LogP contribution in [0.1, 0.15) is 19.8 Å². The van der Waals surface area contributed by atoms with Gasteiger partial charge in [0.1, 0.15) is 0 Å². The van der Waals surface area contributed by atoms with Crippen molar-refractivity contribution in [1.29, 1.82) is 0 Å². The Hall–Kier alpha value is -1.75. The summed E-state index contributed by atoms with van der Waals surface area (Å²) in [5.41, 5.74) is 0.888. The highest BCUT2D eigenvalue weighted by atomic mass is 16.5. The minimum absolute atomic E-state index is 0.0861. The molecule has 1 aliphatic heterocycles. The predicted molar refractivity (Wildman–Crippen MR) is 61.8 cm³/mol. The Kier molecular flexibility index (Phi) is 3.43. The van der Waals surface area contributed by atoms with Crippen LogP contribution in [0.4, 0.5) is 0 Å². The molecule has 0 aromatic heterocycles. The minimum Gasteiger partial charge on any atom is -0.469 e. The standard InChI is InChI=1S/C13H14O5/c1-7-13-9(10(14)3-4-11(13)15)5-8(18-7)6-12(16)17-2/h3-4,7-8H,5-6H2,1-2H3/t7-,8+/m0/s1. The van der Waals surface area contributed by atoms with Crippen LogP contribution in [0.2, 0.25) is 0 Å². The van der Waals surface area contributed by atoms with E-state index < -0.39 is 12.2 Å². The molecule has 0 aromatic carbocycles. The number of methoxy groups -OCH3 is 1. The zero-order valence-corrected chi connectivity index (χ0v) is 10.3. The molecule has 0 fully saturated rings. The number of carbonyl (C=O) groups excluding carboxylic acids is 3. The first-order valence-corrected chi connectivity index (χ1v) is 5.75. The Bertz CT molecular complexity index is 472. The molecule has 0 saturated carbocycles. The molecule has 0 amide bonds. The number of carbonyl (C=O) groups is 3. The molecule has 96 valence electrons. The van der Waals surface area contributed by atoms with Crippen molar-refractivity contribution in [3.05, 3.63) is 23.3 Å². The van der Waals surface area contributed by atoms with Crippen LogP contribution in [0.15, 0.2) is 23.3 Å². The summed E-state index contributed by atoms with van der Waals surface area (Å²) in [5, 5.41) is 0. The van der Waals surface area contributed by atoms with Crippen LogP contribution in [-0.4, -0.2) is 36.9 Å². The van der Waals surface area contributed by atoms with Crippen molar-refractivity contribution in [1.82, 2.24) is 0 Å². The third-order valence-electron chi connectivity index (χ3n) is 3.13. The van der Waals surface area contributed by atoms with Crippen molar-refractivity contribution in [3.8, 4) is 0 Å². The van der Waals surface area contributed by atoms with Gasteiger partial charge in [-0.2, -0.15) is 0 Å². The molecule has 2 rings (SSSR count). The molecule has 18 heavy (non-hydrogen) atoms. The van der Waals surface area contributed by atoms with Gasteiger partial charge in [0.2, 0.25) is 0 Å². The van der Waals surface area contributed by atoms with Gasteiger partial charge in [0.25, 0.3) is 0 Å². The van der Waals surface area contributed by atoms with Crippen molar-refractivity contribution >= 4 is 17.5 Å². The second-order valence-corrected chi connectivity index (χ2v) is 4.34. The number of allylic oxidation sites excluding steroid dienone is 2. The highest BCUT2D eigenvalue weighted by Gasteiger charge is 2.35. The lowest BCUT2D eigenvalue weighted by molar-refractivity contribution is -0.145. The van der Waals surface area contributed by atoms with Crippen LogP contribution in [-0.2, 0) is 23.9 Å². The Labute approximate surface area is 104 Å². The lowest BCUT2D eigenvalue weighted by atomic mass is 9.85. The minimum atomic E-state index is -0.468. The van der Waals surface area contributed by atoms with Gasteiger partial charge in [-0.3, -0.25) is 14.4 Å². The summed E-state index contributed by atoms with van der Waals surface area (Å²) < 4.78 is 10.2. The molecule has 2 aliphatic rings. The molecular weight excluding hydrogens is 236 g/mol. The van der Waals surface area contributed by atoms with E-state index in [1.54, 1.807) is 6.92 Å². The van der Waals surface area contributed by atoms with Gasteiger partial charge in [-0.05, 0) is 19.1 Å². The molecule has 1 heterocycles. The second-order valence-electron chi connectivity index (χ2n) is 4.34. The van der Waals surface area contributed by atoms with E-state index in [-0.39, 0.29) is 30.4 Å². The molecule has 0 saturated heterocycles. The van der Waals surface area contributed by atoms with Crippen molar-refractivity contribution in [2.75, 3.05) is 7.11 Å². The molecule has 5 heteroatoms. The van der Waals surface area contributed by atoms with E-state index in [1.165, 1.54) is 19.3 Å². The van der Waals surface area contributed by atoms with Crippen LogP contribution in [0.3, 0.4) is 0 Å². The van der Waals surface area contributed by atoms with E-state index in [0.717, 1.165) is 0 Å². The van der Waals surface area contributed by atoms with Gasteiger partial charge in [-0.15, -0.1) is 0 Å². The van der Waals surface area contributed by atoms with Gasteiger partial charge in [-0.1, -0.05) is 0 Å². The lowest BCUT2D eigenvalue weighted by Crippen LogP contribution is -2.36. The first-order chi connectivity index (χ1) is 8.52. The molecule has 5 nitrogen and oxygen atoms in total. The van der Waals surface area contributed by atoms with Crippen molar-refractivity contribution < 1.29 is 23.9 Å². The average Bonchev–Trinajstić information content (AvgIpc) is 2.33. The quantitative estimate of drug-likeness (QED) is 0.534. The smallest absolute Gasteiger partial charge is 0.308 e. The van der Waals surface area contributed by atoms with Gasteiger partial charge in [-0.25, -0.2) is 0 Å². The van der Waals surface area contributed by atoms with Crippen LogP contribution in [0.25, 0.3) is 0 Å². The topological polar surface area (TPSA) is 69.7 Å². The van der Waals surface area contributed by atoms with Crippen molar-refractivity contribution in [2.45, 2.75) is 32.0 Å². The average molecular weight is 250 g/mol. The lowest BCUT2D eigenvalue weighted by Gasteiger charge is -2.31. The number of ether oxygens (including phenoxy) is 2. The molecule has 0 radical (unpaired) electrons. The number of hydrogen-bond acceptors (Lipinski definition) is 5. The summed E-state index contributed by atoms with van der Waals surface area (Å²) in [5.74, 6) is -0.746. The van der Waals surface area contributed by atoms with E-state index >= 15 is 0 Å². The number of hydrogen-bond donors (Lipinski definition) is 0. The Balaban J connectivity index is 2.22.